The van der Waals surface area contributed by atoms with Crippen molar-refractivity contribution in [2.75, 3.05) is 0 Å². The molecule has 0 spiro atoms. The van der Waals surface area contributed by atoms with Gasteiger partial charge in [0.15, 0.2) is 0 Å². The van der Waals surface area contributed by atoms with Gasteiger partial charge < -0.3 is 5.11 Å². The van der Waals surface area contributed by atoms with E-state index in [1.807, 2.05) is 12.3 Å². The molecule has 1 aromatic carbocycles. The molecule has 1 unspecified atom stereocenters. The molecule has 2 aromatic rings. The molecule has 0 amide bonds. The second kappa shape index (κ2) is 5.59. The fourth-order valence-corrected chi connectivity index (χ4v) is 4.91. The van der Waals surface area contributed by atoms with Crippen LogP contribution in [0.5, 0.6) is 0 Å². The first-order valence-corrected chi connectivity index (χ1v) is 8.36. The van der Waals surface area contributed by atoms with Crippen molar-refractivity contribution in [2.45, 2.75) is 38.0 Å². The number of aliphatic carboxylic acids is 1. The number of hydrogen-bond acceptors (Lipinski definition) is 2. The van der Waals surface area contributed by atoms with Crippen LogP contribution in [0.25, 0.3) is 10.9 Å². The summed E-state index contributed by atoms with van der Waals surface area (Å²) in [7, 11) is 0. The van der Waals surface area contributed by atoms with Crippen LogP contribution >= 0.6 is 0 Å². The maximum absolute atomic E-state index is 13.6. The molecule has 0 aliphatic heterocycles. The maximum atomic E-state index is 13.6. The van der Waals surface area contributed by atoms with Gasteiger partial charge >= 0.3 is 5.97 Å². The lowest BCUT2D eigenvalue weighted by Gasteiger charge is -2.16. The third kappa shape index (κ3) is 2.71. The highest BCUT2D eigenvalue weighted by Crippen LogP contribution is 2.53. The van der Waals surface area contributed by atoms with Crippen LogP contribution in [-0.2, 0) is 4.79 Å². The van der Waals surface area contributed by atoms with Crippen molar-refractivity contribution < 1.29 is 14.3 Å². The van der Waals surface area contributed by atoms with E-state index in [9.17, 15) is 9.18 Å². The first kappa shape index (κ1) is 14.6. The lowest BCUT2D eigenvalue weighted by atomic mass is 9.90. The number of carboxylic acids is 1. The Bertz CT molecular complexity index is 746. The van der Waals surface area contributed by atoms with Crippen molar-refractivity contribution >= 4 is 16.9 Å². The largest absolute Gasteiger partial charge is 0.481 e. The van der Waals surface area contributed by atoms with E-state index < -0.39 is 5.97 Å². The third-order valence-corrected chi connectivity index (χ3v) is 5.75. The van der Waals surface area contributed by atoms with Gasteiger partial charge in [0.05, 0.1) is 5.52 Å². The van der Waals surface area contributed by atoms with E-state index >= 15 is 0 Å². The Morgan fingerprint density at radius 2 is 1.91 bits per heavy atom. The number of carbonyl (C=O) groups is 1. The molecule has 4 heteroatoms. The zero-order chi connectivity index (χ0) is 16.0. The summed E-state index contributed by atoms with van der Waals surface area (Å²) in [6.07, 6.45) is 6.38. The molecule has 120 valence electrons. The van der Waals surface area contributed by atoms with Gasteiger partial charge in [-0.15, -0.1) is 0 Å². The molecule has 23 heavy (non-hydrogen) atoms. The second-order valence-corrected chi connectivity index (χ2v) is 7.19. The van der Waals surface area contributed by atoms with E-state index in [1.165, 1.54) is 11.6 Å². The summed E-state index contributed by atoms with van der Waals surface area (Å²) >= 11 is 0. The average Bonchev–Trinajstić information content (AvgIpc) is 3.04. The number of hydrogen-bond donors (Lipinski definition) is 1. The van der Waals surface area contributed by atoms with Crippen molar-refractivity contribution in [2.24, 2.45) is 17.8 Å². The first-order valence-electron chi connectivity index (χ1n) is 8.36. The topological polar surface area (TPSA) is 50.2 Å². The standard InChI is InChI=1S/C19H20FNO2/c20-15-1-2-18-17(10-15)16(3-4-21-18)14-8-12-5-11(7-19(22)23)6-13(12)9-14/h1-4,10-14H,5-9H2,(H,22,23)/t11-,12-,13+,14?. The quantitative estimate of drug-likeness (QED) is 0.915. The molecule has 0 bridgehead atoms. The summed E-state index contributed by atoms with van der Waals surface area (Å²) in [6.45, 7) is 0. The zero-order valence-electron chi connectivity index (χ0n) is 12.9. The molecular weight excluding hydrogens is 293 g/mol. The van der Waals surface area contributed by atoms with Crippen LogP contribution in [0.3, 0.4) is 0 Å². The minimum absolute atomic E-state index is 0.216. The molecule has 2 fully saturated rings. The number of fused-ring (bicyclic) bond motifs is 2. The molecule has 1 heterocycles. The molecule has 2 saturated carbocycles. The SMILES string of the molecule is O=C(O)C[C@H]1C[C@H]2CC(c3ccnc4ccc(F)cc34)C[C@H]2C1. The van der Waals surface area contributed by atoms with Crippen LogP contribution < -0.4 is 0 Å². The van der Waals surface area contributed by atoms with E-state index in [0.717, 1.165) is 36.6 Å². The van der Waals surface area contributed by atoms with E-state index in [4.69, 9.17) is 5.11 Å². The Morgan fingerprint density at radius 3 is 2.61 bits per heavy atom. The number of rotatable bonds is 3. The zero-order valence-corrected chi connectivity index (χ0v) is 12.9. The number of benzene rings is 1. The number of aromatic nitrogens is 1. The van der Waals surface area contributed by atoms with E-state index in [1.54, 1.807) is 12.1 Å². The highest BCUT2D eigenvalue weighted by Gasteiger charge is 2.42. The Balaban J connectivity index is 1.56. The summed E-state index contributed by atoms with van der Waals surface area (Å²) in [5.74, 6) is 1.15. The fourth-order valence-electron chi connectivity index (χ4n) is 4.91. The molecule has 1 aromatic heterocycles. The van der Waals surface area contributed by atoms with Crippen LogP contribution in [0.15, 0.2) is 30.5 Å². The minimum atomic E-state index is -0.679. The molecule has 2 aliphatic rings. The van der Waals surface area contributed by atoms with E-state index in [0.29, 0.717) is 30.1 Å². The molecule has 4 atom stereocenters. The van der Waals surface area contributed by atoms with Gasteiger partial charge in [-0.3, -0.25) is 9.78 Å². The Labute approximate surface area is 134 Å². The molecule has 0 radical (unpaired) electrons. The van der Waals surface area contributed by atoms with Gasteiger partial charge in [0.2, 0.25) is 0 Å². The van der Waals surface area contributed by atoms with E-state index in [2.05, 4.69) is 4.98 Å². The minimum Gasteiger partial charge on any atom is -0.481 e. The van der Waals surface area contributed by atoms with Gasteiger partial charge in [-0.25, -0.2) is 4.39 Å². The molecular formula is C19H20FNO2. The monoisotopic (exact) mass is 313 g/mol. The van der Waals surface area contributed by atoms with Crippen LogP contribution in [0.4, 0.5) is 4.39 Å². The van der Waals surface area contributed by atoms with Crippen molar-refractivity contribution in [3.8, 4) is 0 Å². The Morgan fingerprint density at radius 1 is 1.17 bits per heavy atom. The average molecular weight is 313 g/mol. The van der Waals surface area contributed by atoms with Crippen molar-refractivity contribution in [3.63, 3.8) is 0 Å². The first-order chi connectivity index (χ1) is 11.1. The van der Waals surface area contributed by atoms with Crippen LogP contribution in [-0.4, -0.2) is 16.1 Å². The summed E-state index contributed by atoms with van der Waals surface area (Å²) < 4.78 is 13.6. The molecule has 0 saturated heterocycles. The lowest BCUT2D eigenvalue weighted by molar-refractivity contribution is -0.138. The normalized spacial score (nSPS) is 29.8. The van der Waals surface area contributed by atoms with Gasteiger partial charge in [-0.2, -0.15) is 0 Å². The van der Waals surface area contributed by atoms with Gasteiger partial charge in [0, 0.05) is 18.0 Å². The smallest absolute Gasteiger partial charge is 0.303 e. The Kier molecular flexibility index (Phi) is 3.55. The molecule has 3 nitrogen and oxygen atoms in total. The number of nitrogens with zero attached hydrogens (tertiary/aromatic N) is 1. The predicted octanol–water partition coefficient (Wildman–Crippen LogP) is 4.37. The van der Waals surface area contributed by atoms with Gasteiger partial charge in [-0.1, -0.05) is 0 Å². The highest BCUT2D eigenvalue weighted by atomic mass is 19.1. The highest BCUT2D eigenvalue weighted by molar-refractivity contribution is 5.82. The van der Waals surface area contributed by atoms with E-state index in [-0.39, 0.29) is 5.82 Å². The lowest BCUT2D eigenvalue weighted by Crippen LogP contribution is -2.06. The van der Waals surface area contributed by atoms with Crippen LogP contribution in [0, 0.1) is 23.6 Å². The number of carboxylic acid groups (broad SMARTS) is 1. The van der Waals surface area contributed by atoms with Gasteiger partial charge in [-0.05, 0) is 79.2 Å². The molecule has 4 rings (SSSR count). The van der Waals surface area contributed by atoms with Crippen molar-refractivity contribution in [1.29, 1.82) is 0 Å². The van der Waals surface area contributed by atoms with Crippen LogP contribution in [0.1, 0.15) is 43.6 Å². The van der Waals surface area contributed by atoms with Crippen molar-refractivity contribution in [3.05, 3.63) is 41.8 Å². The van der Waals surface area contributed by atoms with Gasteiger partial charge in [0.25, 0.3) is 0 Å². The third-order valence-electron chi connectivity index (χ3n) is 5.75. The summed E-state index contributed by atoms with van der Waals surface area (Å²) in [5, 5.41) is 9.90. The Hall–Kier alpha value is -1.97. The number of halogens is 1. The second-order valence-electron chi connectivity index (χ2n) is 7.19. The van der Waals surface area contributed by atoms with Crippen LogP contribution in [0.2, 0.25) is 0 Å². The maximum Gasteiger partial charge on any atom is 0.303 e. The molecule has 2 aliphatic carbocycles. The fraction of sp³-hybridized carbons (Fsp3) is 0.474. The summed E-state index contributed by atoms with van der Waals surface area (Å²) in [6, 6.07) is 6.83. The number of pyridine rings is 1. The summed E-state index contributed by atoms with van der Waals surface area (Å²) in [5.41, 5.74) is 2.06. The predicted molar refractivity (Wildman–Crippen MR) is 85.6 cm³/mol. The van der Waals surface area contributed by atoms with Gasteiger partial charge in [0.1, 0.15) is 5.82 Å². The van der Waals surface area contributed by atoms with Crippen molar-refractivity contribution in [1.82, 2.24) is 4.98 Å². The molecule has 1 N–H and O–H groups in total. The summed E-state index contributed by atoms with van der Waals surface area (Å²) in [4.78, 5) is 15.2.